The number of nitrogens with one attached hydrogen (secondary N) is 1. The molecular formula is C14H8Cl2FNO3. The maximum absolute atomic E-state index is 13.2. The molecule has 0 fully saturated rings. The number of carbonyl (C=O) groups is 2. The second kappa shape index (κ2) is 6.11. The van der Waals surface area contributed by atoms with Crippen LogP contribution in [0, 0.1) is 5.82 Å². The summed E-state index contributed by atoms with van der Waals surface area (Å²) >= 11 is 11.5. The average molecular weight is 328 g/mol. The van der Waals surface area contributed by atoms with Gasteiger partial charge in [-0.1, -0.05) is 23.2 Å². The topological polar surface area (TPSA) is 66.4 Å². The molecule has 0 aromatic heterocycles. The van der Waals surface area contributed by atoms with Gasteiger partial charge in [0.25, 0.3) is 5.91 Å². The van der Waals surface area contributed by atoms with Gasteiger partial charge < -0.3 is 10.4 Å². The van der Waals surface area contributed by atoms with E-state index < -0.39 is 17.7 Å². The van der Waals surface area contributed by atoms with Crippen LogP contribution in [0.5, 0.6) is 0 Å². The quantitative estimate of drug-likeness (QED) is 0.892. The lowest BCUT2D eigenvalue weighted by Crippen LogP contribution is -2.15. The van der Waals surface area contributed by atoms with Crippen LogP contribution in [0.15, 0.2) is 36.4 Å². The lowest BCUT2D eigenvalue weighted by molar-refractivity contribution is 0.0698. The van der Waals surface area contributed by atoms with Crippen molar-refractivity contribution in [3.8, 4) is 0 Å². The third-order valence-electron chi connectivity index (χ3n) is 2.64. The van der Waals surface area contributed by atoms with Gasteiger partial charge in [-0.2, -0.15) is 0 Å². The molecular weight excluding hydrogens is 320 g/mol. The van der Waals surface area contributed by atoms with Crippen LogP contribution in [0.4, 0.5) is 10.1 Å². The SMILES string of the molecule is O=C(Nc1cc(F)ccc1C(=O)O)c1ccc(Cl)c(Cl)c1. The van der Waals surface area contributed by atoms with Crippen molar-refractivity contribution in [3.05, 3.63) is 63.4 Å². The molecule has 7 heteroatoms. The highest BCUT2D eigenvalue weighted by Crippen LogP contribution is 2.24. The van der Waals surface area contributed by atoms with Crippen LogP contribution >= 0.6 is 23.2 Å². The van der Waals surface area contributed by atoms with Gasteiger partial charge in [-0.05, 0) is 36.4 Å². The Morgan fingerprint density at radius 1 is 1.05 bits per heavy atom. The molecule has 0 aliphatic heterocycles. The third kappa shape index (κ3) is 3.51. The number of anilines is 1. The largest absolute Gasteiger partial charge is 0.478 e. The van der Waals surface area contributed by atoms with Gasteiger partial charge >= 0.3 is 5.97 Å². The van der Waals surface area contributed by atoms with Gasteiger partial charge in [0.05, 0.1) is 21.3 Å². The standard InChI is InChI=1S/C14H8Cl2FNO3/c15-10-4-1-7(5-11(10)16)13(19)18-12-6-8(17)2-3-9(12)14(20)21/h1-6H,(H,18,19)(H,20,21). The first kappa shape index (κ1) is 15.3. The summed E-state index contributed by atoms with van der Waals surface area (Å²) in [7, 11) is 0. The van der Waals surface area contributed by atoms with Crippen LogP contribution in [0.1, 0.15) is 20.7 Å². The molecule has 0 spiro atoms. The van der Waals surface area contributed by atoms with E-state index in [0.717, 1.165) is 18.2 Å². The molecule has 0 heterocycles. The van der Waals surface area contributed by atoms with E-state index in [4.69, 9.17) is 28.3 Å². The minimum Gasteiger partial charge on any atom is -0.478 e. The van der Waals surface area contributed by atoms with E-state index in [0.29, 0.717) is 0 Å². The van der Waals surface area contributed by atoms with Crippen molar-refractivity contribution in [2.24, 2.45) is 0 Å². The average Bonchev–Trinajstić information content (AvgIpc) is 2.41. The first-order valence-electron chi connectivity index (χ1n) is 5.67. The lowest BCUT2D eigenvalue weighted by atomic mass is 10.1. The fourth-order valence-electron chi connectivity index (χ4n) is 1.64. The molecule has 0 saturated carbocycles. The summed E-state index contributed by atoms with van der Waals surface area (Å²) in [6.07, 6.45) is 0. The Kier molecular flexibility index (Phi) is 4.45. The summed E-state index contributed by atoms with van der Waals surface area (Å²) in [5.74, 6) is -2.56. The summed E-state index contributed by atoms with van der Waals surface area (Å²) in [6, 6.07) is 7.18. The van der Waals surface area contributed by atoms with Crippen LogP contribution < -0.4 is 5.32 Å². The van der Waals surface area contributed by atoms with Gasteiger partial charge in [0.15, 0.2) is 0 Å². The third-order valence-corrected chi connectivity index (χ3v) is 3.38. The van der Waals surface area contributed by atoms with Crippen molar-refractivity contribution in [2.75, 3.05) is 5.32 Å². The fraction of sp³-hybridized carbons (Fsp3) is 0. The van der Waals surface area contributed by atoms with Gasteiger partial charge in [0, 0.05) is 5.56 Å². The van der Waals surface area contributed by atoms with Crippen LogP contribution in [0.25, 0.3) is 0 Å². The summed E-state index contributed by atoms with van der Waals surface area (Å²) in [4.78, 5) is 23.1. The summed E-state index contributed by atoms with van der Waals surface area (Å²) < 4.78 is 13.2. The molecule has 21 heavy (non-hydrogen) atoms. The molecule has 2 aromatic carbocycles. The molecule has 0 radical (unpaired) electrons. The molecule has 108 valence electrons. The van der Waals surface area contributed by atoms with Crippen molar-refractivity contribution in [1.29, 1.82) is 0 Å². The van der Waals surface area contributed by atoms with Crippen molar-refractivity contribution in [1.82, 2.24) is 0 Å². The highest BCUT2D eigenvalue weighted by atomic mass is 35.5. The number of carbonyl (C=O) groups excluding carboxylic acids is 1. The van der Waals surface area contributed by atoms with E-state index in [2.05, 4.69) is 5.32 Å². The Hall–Kier alpha value is -2.11. The second-order valence-electron chi connectivity index (χ2n) is 4.08. The molecule has 0 bridgehead atoms. The van der Waals surface area contributed by atoms with Crippen LogP contribution in [0.2, 0.25) is 10.0 Å². The van der Waals surface area contributed by atoms with Gasteiger partial charge in [-0.25, -0.2) is 9.18 Å². The van der Waals surface area contributed by atoms with E-state index >= 15 is 0 Å². The normalized spacial score (nSPS) is 10.2. The number of aromatic carboxylic acids is 1. The first-order valence-corrected chi connectivity index (χ1v) is 6.43. The molecule has 4 nitrogen and oxygen atoms in total. The van der Waals surface area contributed by atoms with Crippen molar-refractivity contribution in [2.45, 2.75) is 0 Å². The minimum atomic E-state index is -1.28. The van der Waals surface area contributed by atoms with E-state index in [1.54, 1.807) is 0 Å². The lowest BCUT2D eigenvalue weighted by Gasteiger charge is -2.09. The van der Waals surface area contributed by atoms with Gasteiger partial charge in [-0.15, -0.1) is 0 Å². The number of halogens is 3. The number of hydrogen-bond acceptors (Lipinski definition) is 2. The van der Waals surface area contributed by atoms with Crippen LogP contribution in [0.3, 0.4) is 0 Å². The van der Waals surface area contributed by atoms with E-state index in [9.17, 15) is 14.0 Å². The number of amides is 1. The highest BCUT2D eigenvalue weighted by Gasteiger charge is 2.15. The monoisotopic (exact) mass is 327 g/mol. The maximum atomic E-state index is 13.2. The van der Waals surface area contributed by atoms with Crippen molar-refractivity contribution >= 4 is 40.8 Å². The Labute approximate surface area is 129 Å². The molecule has 0 aliphatic rings. The van der Waals surface area contributed by atoms with E-state index in [1.165, 1.54) is 18.2 Å². The smallest absolute Gasteiger partial charge is 0.337 e. The Bertz CT molecular complexity index is 734. The number of benzene rings is 2. The molecule has 2 aromatic rings. The zero-order valence-corrected chi connectivity index (χ0v) is 11.9. The Balaban J connectivity index is 2.33. The maximum Gasteiger partial charge on any atom is 0.337 e. The second-order valence-corrected chi connectivity index (χ2v) is 4.89. The minimum absolute atomic E-state index is 0.140. The molecule has 0 aliphatic carbocycles. The van der Waals surface area contributed by atoms with E-state index in [-0.39, 0.29) is 26.9 Å². The van der Waals surface area contributed by atoms with Crippen molar-refractivity contribution in [3.63, 3.8) is 0 Å². The first-order chi connectivity index (χ1) is 9.88. The molecule has 2 rings (SSSR count). The highest BCUT2D eigenvalue weighted by molar-refractivity contribution is 6.42. The molecule has 0 unspecified atom stereocenters. The van der Waals surface area contributed by atoms with Gasteiger partial charge in [-0.3, -0.25) is 4.79 Å². The molecule has 2 N–H and O–H groups in total. The number of rotatable bonds is 3. The fourth-order valence-corrected chi connectivity index (χ4v) is 1.94. The zero-order chi connectivity index (χ0) is 15.6. The summed E-state index contributed by atoms with van der Waals surface area (Å²) in [6.45, 7) is 0. The molecule has 0 saturated heterocycles. The molecule has 0 atom stereocenters. The van der Waals surface area contributed by atoms with Gasteiger partial charge in [0.1, 0.15) is 5.82 Å². The Morgan fingerprint density at radius 3 is 2.38 bits per heavy atom. The molecule has 1 amide bonds. The number of hydrogen-bond donors (Lipinski definition) is 2. The number of carboxylic acids is 1. The number of carboxylic acid groups (broad SMARTS) is 1. The summed E-state index contributed by atoms with van der Waals surface area (Å²) in [5.41, 5.74) is -0.187. The van der Waals surface area contributed by atoms with Crippen molar-refractivity contribution < 1.29 is 19.1 Å². The predicted octanol–water partition coefficient (Wildman–Crippen LogP) is 4.08. The summed E-state index contributed by atoms with van der Waals surface area (Å²) in [5, 5.41) is 11.8. The van der Waals surface area contributed by atoms with Crippen LogP contribution in [-0.2, 0) is 0 Å². The Morgan fingerprint density at radius 2 is 1.76 bits per heavy atom. The van der Waals surface area contributed by atoms with Crippen LogP contribution in [-0.4, -0.2) is 17.0 Å². The zero-order valence-electron chi connectivity index (χ0n) is 10.4. The van der Waals surface area contributed by atoms with E-state index in [1.807, 2.05) is 0 Å². The predicted molar refractivity (Wildman–Crippen MR) is 77.8 cm³/mol. The van der Waals surface area contributed by atoms with Gasteiger partial charge in [0.2, 0.25) is 0 Å².